The molecule has 0 saturated carbocycles. The normalized spacial score (nSPS) is 11.1. The summed E-state index contributed by atoms with van der Waals surface area (Å²) in [5.74, 6) is -1.16. The van der Waals surface area contributed by atoms with Gasteiger partial charge in [0, 0.05) is 16.7 Å². The van der Waals surface area contributed by atoms with Gasteiger partial charge in [-0.25, -0.2) is 17.5 Å². The third kappa shape index (κ3) is 5.77. The number of sulfonamides is 1. The van der Waals surface area contributed by atoms with Gasteiger partial charge in [-0.15, -0.1) is 6.58 Å². The van der Waals surface area contributed by atoms with Crippen LogP contribution in [0.3, 0.4) is 0 Å². The molecular formula is C17H16BrFN2O3S. The number of hydrogen-bond donors (Lipinski definition) is 2. The van der Waals surface area contributed by atoms with Crippen molar-refractivity contribution in [1.29, 1.82) is 0 Å². The van der Waals surface area contributed by atoms with Crippen LogP contribution >= 0.6 is 15.9 Å². The van der Waals surface area contributed by atoms with Gasteiger partial charge in [-0.05, 0) is 51.8 Å². The van der Waals surface area contributed by atoms with Gasteiger partial charge in [0.2, 0.25) is 10.0 Å². The van der Waals surface area contributed by atoms with E-state index in [4.69, 9.17) is 0 Å². The Hall–Kier alpha value is -2.03. The minimum absolute atomic E-state index is 0.166. The van der Waals surface area contributed by atoms with Crippen molar-refractivity contribution in [3.8, 4) is 0 Å². The summed E-state index contributed by atoms with van der Waals surface area (Å²) in [6, 6.07) is 10.2. The van der Waals surface area contributed by atoms with Gasteiger partial charge in [0.05, 0.1) is 11.3 Å². The molecule has 0 atom stereocenters. The highest BCUT2D eigenvalue weighted by atomic mass is 79.9. The quantitative estimate of drug-likeness (QED) is 0.665. The lowest BCUT2D eigenvalue weighted by Crippen LogP contribution is -2.25. The maximum atomic E-state index is 13.3. The van der Waals surface area contributed by atoms with E-state index in [1.165, 1.54) is 18.2 Å². The summed E-state index contributed by atoms with van der Waals surface area (Å²) < 4.78 is 39.7. The molecule has 2 aromatic rings. The number of benzene rings is 2. The van der Waals surface area contributed by atoms with Crippen molar-refractivity contribution in [2.75, 3.05) is 11.9 Å². The van der Waals surface area contributed by atoms with Crippen LogP contribution in [0.1, 0.15) is 15.9 Å². The molecule has 0 aromatic heterocycles. The number of carbonyl (C=O) groups is 1. The van der Waals surface area contributed by atoms with E-state index in [1.807, 2.05) is 0 Å². The van der Waals surface area contributed by atoms with Gasteiger partial charge >= 0.3 is 0 Å². The average Bonchev–Trinajstić information content (AvgIpc) is 2.56. The molecule has 2 rings (SSSR count). The molecule has 2 aromatic carbocycles. The third-order valence-corrected chi connectivity index (χ3v) is 5.20. The van der Waals surface area contributed by atoms with Crippen LogP contribution in [-0.2, 0) is 15.8 Å². The summed E-state index contributed by atoms with van der Waals surface area (Å²) in [7, 11) is -3.44. The topological polar surface area (TPSA) is 75.3 Å². The van der Waals surface area contributed by atoms with Crippen LogP contribution in [0.2, 0.25) is 0 Å². The Balaban J connectivity index is 2.06. The van der Waals surface area contributed by atoms with E-state index in [0.29, 0.717) is 15.7 Å². The van der Waals surface area contributed by atoms with E-state index < -0.39 is 21.7 Å². The molecule has 25 heavy (non-hydrogen) atoms. The predicted molar refractivity (Wildman–Crippen MR) is 99.3 cm³/mol. The van der Waals surface area contributed by atoms with E-state index in [-0.39, 0.29) is 17.9 Å². The lowest BCUT2D eigenvalue weighted by atomic mass is 10.2. The number of carbonyl (C=O) groups excluding carboxylic acids is 1. The number of nitrogens with one attached hydrogen (secondary N) is 2. The van der Waals surface area contributed by atoms with Crippen LogP contribution in [-0.4, -0.2) is 20.9 Å². The predicted octanol–water partition coefficient (Wildman–Crippen LogP) is 3.45. The number of anilines is 1. The van der Waals surface area contributed by atoms with Crippen LogP contribution in [0.4, 0.5) is 10.1 Å². The Kier molecular flexibility index (Phi) is 6.46. The second-order valence-corrected chi connectivity index (χ2v) is 7.83. The van der Waals surface area contributed by atoms with Crippen molar-refractivity contribution in [2.24, 2.45) is 0 Å². The molecule has 0 aliphatic rings. The SMILES string of the molecule is C=CCNS(=O)(=O)Cc1ccc(NC(=O)c2cc(F)ccc2Br)cc1. The van der Waals surface area contributed by atoms with Crippen molar-refractivity contribution < 1.29 is 17.6 Å². The monoisotopic (exact) mass is 426 g/mol. The molecule has 0 bridgehead atoms. The van der Waals surface area contributed by atoms with Gasteiger partial charge in [-0.2, -0.15) is 0 Å². The Morgan fingerprint density at radius 2 is 1.88 bits per heavy atom. The third-order valence-electron chi connectivity index (χ3n) is 3.19. The largest absolute Gasteiger partial charge is 0.322 e. The first-order valence-corrected chi connectivity index (χ1v) is 9.69. The van der Waals surface area contributed by atoms with Crippen molar-refractivity contribution in [3.05, 3.63) is 76.5 Å². The Bertz CT molecular complexity index is 883. The zero-order valence-corrected chi connectivity index (χ0v) is 15.5. The number of rotatable bonds is 7. The van der Waals surface area contributed by atoms with Gasteiger partial charge in [-0.1, -0.05) is 18.2 Å². The molecule has 0 aliphatic heterocycles. The average molecular weight is 427 g/mol. The van der Waals surface area contributed by atoms with E-state index >= 15 is 0 Å². The maximum Gasteiger partial charge on any atom is 0.256 e. The minimum atomic E-state index is -3.44. The molecule has 132 valence electrons. The number of hydrogen-bond acceptors (Lipinski definition) is 3. The van der Waals surface area contributed by atoms with E-state index in [0.717, 1.165) is 6.07 Å². The maximum absolute atomic E-state index is 13.3. The van der Waals surface area contributed by atoms with Crippen molar-refractivity contribution in [1.82, 2.24) is 4.72 Å². The fourth-order valence-corrected chi connectivity index (χ4v) is 3.54. The first kappa shape index (κ1) is 19.3. The molecule has 0 spiro atoms. The van der Waals surface area contributed by atoms with Crippen LogP contribution in [0.25, 0.3) is 0 Å². The van der Waals surface area contributed by atoms with E-state index in [2.05, 4.69) is 32.5 Å². The lowest BCUT2D eigenvalue weighted by molar-refractivity contribution is 0.102. The molecule has 1 amide bonds. The molecule has 8 heteroatoms. The van der Waals surface area contributed by atoms with Gasteiger partial charge in [0.15, 0.2) is 0 Å². The fraction of sp³-hybridized carbons (Fsp3) is 0.118. The summed E-state index contributed by atoms with van der Waals surface area (Å²) in [6.45, 7) is 3.62. The lowest BCUT2D eigenvalue weighted by Gasteiger charge is -2.09. The molecular weight excluding hydrogens is 411 g/mol. The zero-order valence-electron chi connectivity index (χ0n) is 13.1. The second kappa shape index (κ2) is 8.37. The van der Waals surface area contributed by atoms with Crippen LogP contribution in [0.15, 0.2) is 59.6 Å². The summed E-state index contributed by atoms with van der Waals surface area (Å²) in [6.07, 6.45) is 1.46. The van der Waals surface area contributed by atoms with E-state index in [1.54, 1.807) is 24.3 Å². The van der Waals surface area contributed by atoms with Crippen LogP contribution < -0.4 is 10.0 Å². The molecule has 0 aliphatic carbocycles. The number of amides is 1. The summed E-state index contributed by atoms with van der Waals surface area (Å²) in [5.41, 5.74) is 1.21. The molecule has 5 nitrogen and oxygen atoms in total. The van der Waals surface area contributed by atoms with Gasteiger partial charge < -0.3 is 5.32 Å². The molecule has 0 saturated heterocycles. The standard InChI is InChI=1S/C17H16BrFN2O3S/c1-2-9-20-25(23,24)11-12-3-6-14(7-4-12)21-17(22)15-10-13(19)5-8-16(15)18/h2-8,10,20H,1,9,11H2,(H,21,22). The summed E-state index contributed by atoms with van der Waals surface area (Å²) in [5, 5.41) is 2.64. The molecule has 0 unspecified atom stereocenters. The highest BCUT2D eigenvalue weighted by Gasteiger charge is 2.13. The van der Waals surface area contributed by atoms with Crippen molar-refractivity contribution >= 4 is 37.5 Å². The fourth-order valence-electron chi connectivity index (χ4n) is 2.01. The van der Waals surface area contributed by atoms with Crippen LogP contribution in [0.5, 0.6) is 0 Å². The van der Waals surface area contributed by atoms with Crippen LogP contribution in [0, 0.1) is 5.82 Å². The highest BCUT2D eigenvalue weighted by molar-refractivity contribution is 9.10. The highest BCUT2D eigenvalue weighted by Crippen LogP contribution is 2.20. The smallest absolute Gasteiger partial charge is 0.256 e. The van der Waals surface area contributed by atoms with Gasteiger partial charge in [-0.3, -0.25) is 4.79 Å². The summed E-state index contributed by atoms with van der Waals surface area (Å²) in [4.78, 5) is 12.2. The second-order valence-electron chi connectivity index (χ2n) is 5.17. The van der Waals surface area contributed by atoms with Gasteiger partial charge in [0.25, 0.3) is 5.91 Å². The molecule has 0 heterocycles. The Morgan fingerprint density at radius 3 is 2.52 bits per heavy atom. The molecule has 0 fully saturated rings. The number of halogens is 2. The summed E-state index contributed by atoms with van der Waals surface area (Å²) >= 11 is 3.20. The molecule has 0 radical (unpaired) electrons. The Morgan fingerprint density at radius 1 is 1.20 bits per heavy atom. The van der Waals surface area contributed by atoms with Crippen molar-refractivity contribution in [3.63, 3.8) is 0 Å². The zero-order chi connectivity index (χ0) is 18.4. The van der Waals surface area contributed by atoms with Gasteiger partial charge in [0.1, 0.15) is 5.82 Å². The van der Waals surface area contributed by atoms with E-state index in [9.17, 15) is 17.6 Å². The Labute approximate surface area is 154 Å². The first-order valence-electron chi connectivity index (χ1n) is 7.24. The minimum Gasteiger partial charge on any atom is -0.322 e. The van der Waals surface area contributed by atoms with Crippen molar-refractivity contribution in [2.45, 2.75) is 5.75 Å². The molecule has 2 N–H and O–H groups in total. The first-order chi connectivity index (χ1) is 11.8.